The Bertz CT molecular complexity index is 1110. The molecule has 4 aromatic rings. The zero-order valence-corrected chi connectivity index (χ0v) is 15.9. The number of fused-ring (bicyclic) bond motifs is 2. The first kappa shape index (κ1) is 17.5. The van der Waals surface area contributed by atoms with Crippen LogP contribution in [0.5, 0.6) is 0 Å². The van der Waals surface area contributed by atoms with Gasteiger partial charge in [0.15, 0.2) is 11.6 Å². The van der Waals surface area contributed by atoms with Crippen molar-refractivity contribution >= 4 is 27.7 Å². The Kier molecular flexibility index (Phi) is 4.32. The summed E-state index contributed by atoms with van der Waals surface area (Å²) in [6.45, 7) is 6.82. The molecule has 0 saturated heterocycles. The van der Waals surface area contributed by atoms with Crippen LogP contribution < -0.4 is 11.1 Å². The fourth-order valence-corrected chi connectivity index (χ4v) is 3.14. The van der Waals surface area contributed by atoms with Crippen LogP contribution >= 0.6 is 0 Å². The molecule has 0 amide bonds. The molecule has 4 rings (SSSR count). The maximum atomic E-state index is 6.10. The van der Waals surface area contributed by atoms with E-state index in [-0.39, 0.29) is 5.54 Å². The lowest BCUT2D eigenvalue weighted by Gasteiger charge is -2.19. The Balaban J connectivity index is 1.77. The third kappa shape index (κ3) is 3.64. The summed E-state index contributed by atoms with van der Waals surface area (Å²) in [4.78, 5) is 9.48. The number of nitrogens with zero attached hydrogens (tertiary/aromatic N) is 2. The zero-order chi connectivity index (χ0) is 19.0. The van der Waals surface area contributed by atoms with Crippen LogP contribution in [0.3, 0.4) is 0 Å². The second-order valence-electron chi connectivity index (χ2n) is 7.68. The molecule has 0 radical (unpaired) electrons. The lowest BCUT2D eigenvalue weighted by molar-refractivity contribution is 0.490. The molecule has 2 aromatic carbocycles. The molecule has 3 N–H and O–H groups in total. The second kappa shape index (κ2) is 6.67. The standard InChI is InChI=1S/C22H24N4O/c1-14-7-6-8-15-13-18(27-19(14)15)21-25-17-10-5-4-9-16(17)20(26-21)24-12-11-22(2,3)23/h4-10,13H,11-12,23H2,1-3H3,(H,24,25,26). The minimum absolute atomic E-state index is 0.227. The van der Waals surface area contributed by atoms with Crippen LogP contribution in [0.25, 0.3) is 33.5 Å². The second-order valence-corrected chi connectivity index (χ2v) is 7.68. The number of nitrogens with one attached hydrogen (secondary N) is 1. The summed E-state index contributed by atoms with van der Waals surface area (Å²) >= 11 is 0. The first-order valence-electron chi connectivity index (χ1n) is 9.20. The van der Waals surface area contributed by atoms with Crippen molar-refractivity contribution in [3.63, 3.8) is 0 Å². The normalized spacial score (nSPS) is 12.0. The van der Waals surface area contributed by atoms with E-state index in [1.54, 1.807) is 0 Å². The van der Waals surface area contributed by atoms with Gasteiger partial charge in [-0.25, -0.2) is 9.97 Å². The molecule has 0 aliphatic carbocycles. The number of rotatable bonds is 5. The van der Waals surface area contributed by atoms with E-state index >= 15 is 0 Å². The van der Waals surface area contributed by atoms with Crippen LogP contribution in [0.1, 0.15) is 25.8 Å². The fourth-order valence-electron chi connectivity index (χ4n) is 3.14. The van der Waals surface area contributed by atoms with Crippen LogP contribution in [0.2, 0.25) is 0 Å². The number of para-hydroxylation sites is 2. The van der Waals surface area contributed by atoms with E-state index in [9.17, 15) is 0 Å². The molecule has 0 bridgehead atoms. The third-order valence-electron chi connectivity index (χ3n) is 4.63. The molecule has 27 heavy (non-hydrogen) atoms. The van der Waals surface area contributed by atoms with Gasteiger partial charge in [-0.2, -0.15) is 0 Å². The predicted molar refractivity (Wildman–Crippen MR) is 111 cm³/mol. The van der Waals surface area contributed by atoms with Gasteiger partial charge in [0.25, 0.3) is 0 Å². The smallest absolute Gasteiger partial charge is 0.198 e. The highest BCUT2D eigenvalue weighted by Crippen LogP contribution is 2.30. The van der Waals surface area contributed by atoms with Gasteiger partial charge in [-0.3, -0.25) is 0 Å². The number of aromatic nitrogens is 2. The first-order chi connectivity index (χ1) is 12.9. The van der Waals surface area contributed by atoms with Crippen molar-refractivity contribution < 1.29 is 4.42 Å². The molecule has 0 atom stereocenters. The van der Waals surface area contributed by atoms with E-state index in [4.69, 9.17) is 20.1 Å². The Hall–Kier alpha value is -2.92. The summed E-state index contributed by atoms with van der Waals surface area (Å²) in [7, 11) is 0. The Labute approximate surface area is 158 Å². The number of furan rings is 1. The van der Waals surface area contributed by atoms with Crippen molar-refractivity contribution in [2.75, 3.05) is 11.9 Å². The molecule has 0 aliphatic heterocycles. The van der Waals surface area contributed by atoms with Gasteiger partial charge in [0.2, 0.25) is 0 Å². The lowest BCUT2D eigenvalue weighted by Crippen LogP contribution is -2.34. The summed E-state index contributed by atoms with van der Waals surface area (Å²) in [5, 5.41) is 5.47. The van der Waals surface area contributed by atoms with Gasteiger partial charge in [-0.05, 0) is 51.0 Å². The Morgan fingerprint density at radius 3 is 2.67 bits per heavy atom. The average Bonchev–Trinajstić information content (AvgIpc) is 3.06. The topological polar surface area (TPSA) is 77.0 Å². The molecule has 2 heterocycles. The Morgan fingerprint density at radius 1 is 1.07 bits per heavy atom. The predicted octanol–water partition coefficient (Wildman–Crippen LogP) is 4.89. The van der Waals surface area contributed by atoms with Crippen LogP contribution in [0.4, 0.5) is 5.82 Å². The van der Waals surface area contributed by atoms with E-state index in [0.29, 0.717) is 11.6 Å². The van der Waals surface area contributed by atoms with Gasteiger partial charge in [0.05, 0.1) is 5.52 Å². The van der Waals surface area contributed by atoms with E-state index in [0.717, 1.165) is 46.2 Å². The van der Waals surface area contributed by atoms with Gasteiger partial charge in [-0.1, -0.05) is 30.3 Å². The fraction of sp³-hybridized carbons (Fsp3) is 0.273. The minimum atomic E-state index is -0.227. The minimum Gasteiger partial charge on any atom is -0.452 e. The van der Waals surface area contributed by atoms with Crippen molar-refractivity contribution in [2.45, 2.75) is 32.7 Å². The summed E-state index contributed by atoms with van der Waals surface area (Å²) in [6, 6.07) is 16.1. The van der Waals surface area contributed by atoms with E-state index < -0.39 is 0 Å². The molecule has 2 aromatic heterocycles. The van der Waals surface area contributed by atoms with Crippen molar-refractivity contribution in [1.29, 1.82) is 0 Å². The molecular formula is C22H24N4O. The highest BCUT2D eigenvalue weighted by atomic mass is 16.3. The largest absolute Gasteiger partial charge is 0.452 e. The van der Waals surface area contributed by atoms with Gasteiger partial charge >= 0.3 is 0 Å². The van der Waals surface area contributed by atoms with Crippen LogP contribution in [0.15, 0.2) is 52.9 Å². The maximum absolute atomic E-state index is 6.10. The quantitative estimate of drug-likeness (QED) is 0.530. The van der Waals surface area contributed by atoms with Crippen molar-refractivity contribution in [2.24, 2.45) is 5.73 Å². The number of aryl methyl sites for hydroxylation is 1. The molecule has 0 saturated carbocycles. The number of hydrogen-bond acceptors (Lipinski definition) is 5. The van der Waals surface area contributed by atoms with Crippen LogP contribution in [0, 0.1) is 6.92 Å². The molecule has 0 fully saturated rings. The Morgan fingerprint density at radius 2 is 1.89 bits per heavy atom. The third-order valence-corrected chi connectivity index (χ3v) is 4.63. The molecule has 5 heteroatoms. The summed E-state index contributed by atoms with van der Waals surface area (Å²) < 4.78 is 6.07. The number of hydrogen-bond donors (Lipinski definition) is 2. The number of nitrogens with two attached hydrogens (primary N) is 1. The van der Waals surface area contributed by atoms with Crippen molar-refractivity contribution in [3.8, 4) is 11.6 Å². The van der Waals surface area contributed by atoms with Crippen molar-refractivity contribution in [3.05, 3.63) is 54.1 Å². The first-order valence-corrected chi connectivity index (χ1v) is 9.20. The molecule has 5 nitrogen and oxygen atoms in total. The van der Waals surface area contributed by atoms with Gasteiger partial charge in [0.1, 0.15) is 11.4 Å². The molecular weight excluding hydrogens is 336 g/mol. The van der Waals surface area contributed by atoms with Gasteiger partial charge in [0, 0.05) is 22.9 Å². The van der Waals surface area contributed by atoms with E-state index in [1.807, 2.05) is 69.3 Å². The van der Waals surface area contributed by atoms with Crippen molar-refractivity contribution in [1.82, 2.24) is 9.97 Å². The van der Waals surface area contributed by atoms with E-state index in [1.165, 1.54) is 0 Å². The summed E-state index contributed by atoms with van der Waals surface area (Å²) in [5.74, 6) is 2.06. The molecule has 0 aliphatic rings. The number of anilines is 1. The highest BCUT2D eigenvalue weighted by molar-refractivity contribution is 5.91. The van der Waals surface area contributed by atoms with Gasteiger partial charge < -0.3 is 15.5 Å². The van der Waals surface area contributed by atoms with Crippen LogP contribution in [-0.2, 0) is 0 Å². The summed E-state index contributed by atoms with van der Waals surface area (Å²) in [5.41, 5.74) is 8.74. The monoisotopic (exact) mass is 360 g/mol. The summed E-state index contributed by atoms with van der Waals surface area (Å²) in [6.07, 6.45) is 0.838. The van der Waals surface area contributed by atoms with E-state index in [2.05, 4.69) is 5.32 Å². The maximum Gasteiger partial charge on any atom is 0.198 e. The molecule has 138 valence electrons. The number of benzene rings is 2. The van der Waals surface area contributed by atoms with Gasteiger partial charge in [-0.15, -0.1) is 0 Å². The van der Waals surface area contributed by atoms with Crippen LogP contribution in [-0.4, -0.2) is 22.1 Å². The average molecular weight is 360 g/mol. The highest BCUT2D eigenvalue weighted by Gasteiger charge is 2.15. The molecule has 0 unspecified atom stereocenters. The molecule has 0 spiro atoms. The zero-order valence-electron chi connectivity index (χ0n) is 15.9. The lowest BCUT2D eigenvalue weighted by atomic mass is 10.0. The SMILES string of the molecule is Cc1cccc2cc(-c3nc(NCCC(C)(C)N)c4ccccc4n3)oc12.